The molecule has 1 fully saturated rings. The minimum absolute atomic E-state index is 0.0563. The maximum absolute atomic E-state index is 12.8. The van der Waals surface area contributed by atoms with E-state index in [4.69, 9.17) is 4.74 Å². The van der Waals surface area contributed by atoms with E-state index in [2.05, 4.69) is 10.3 Å². The molecule has 2 heterocycles. The highest BCUT2D eigenvalue weighted by molar-refractivity contribution is 7.89. The Kier molecular flexibility index (Phi) is 5.97. The molecule has 1 saturated heterocycles. The molecule has 1 aromatic heterocycles. The highest BCUT2D eigenvalue weighted by Crippen LogP contribution is 2.18. The largest absolute Gasteiger partial charge is 0.379 e. The minimum atomic E-state index is -3.69. The van der Waals surface area contributed by atoms with Crippen molar-refractivity contribution in [2.75, 3.05) is 26.3 Å². The number of rotatable bonds is 5. The molecule has 0 unspecified atom stereocenters. The number of nitrogens with one attached hydrogen (secondary N) is 2. The molecule has 0 spiro atoms. The lowest BCUT2D eigenvalue weighted by Gasteiger charge is -2.26. The van der Waals surface area contributed by atoms with Crippen molar-refractivity contribution < 1.29 is 17.9 Å². The average molecular weight is 405 g/mol. The van der Waals surface area contributed by atoms with Gasteiger partial charge in [0.1, 0.15) is 0 Å². The molecule has 2 N–H and O–H groups in total. The first-order chi connectivity index (χ1) is 13.3. The molecule has 0 radical (unpaired) electrons. The van der Waals surface area contributed by atoms with Crippen molar-refractivity contribution in [3.8, 4) is 0 Å². The van der Waals surface area contributed by atoms with Gasteiger partial charge in [-0.2, -0.15) is 4.31 Å². The summed E-state index contributed by atoms with van der Waals surface area (Å²) in [6.07, 6.45) is 0. The van der Waals surface area contributed by atoms with Crippen molar-refractivity contribution in [3.05, 3.63) is 63.1 Å². The van der Waals surface area contributed by atoms with Gasteiger partial charge in [-0.3, -0.25) is 9.59 Å². The Labute approximate surface area is 163 Å². The molecule has 0 saturated carbocycles. The third kappa shape index (κ3) is 4.32. The number of hydrogen-bond acceptors (Lipinski definition) is 5. The van der Waals surface area contributed by atoms with Crippen LogP contribution in [0.3, 0.4) is 0 Å². The van der Waals surface area contributed by atoms with Crippen LogP contribution in [0.1, 0.15) is 27.2 Å². The number of aromatic amines is 1. The van der Waals surface area contributed by atoms with Crippen molar-refractivity contribution in [2.24, 2.45) is 0 Å². The Hall–Kier alpha value is -2.49. The Morgan fingerprint density at radius 3 is 2.61 bits per heavy atom. The zero-order chi connectivity index (χ0) is 20.3. The highest BCUT2D eigenvalue weighted by atomic mass is 32.2. The zero-order valence-electron chi connectivity index (χ0n) is 15.8. The van der Waals surface area contributed by atoms with Gasteiger partial charge in [0.05, 0.1) is 18.1 Å². The molecule has 1 aliphatic rings. The second kappa shape index (κ2) is 8.26. The van der Waals surface area contributed by atoms with E-state index in [0.29, 0.717) is 18.8 Å². The first-order valence-electron chi connectivity index (χ1n) is 8.94. The molecule has 9 heteroatoms. The fourth-order valence-electron chi connectivity index (χ4n) is 3.11. The van der Waals surface area contributed by atoms with Crippen LogP contribution < -0.4 is 10.9 Å². The molecular weight excluding hydrogens is 382 g/mol. The number of morpholine rings is 1. The van der Waals surface area contributed by atoms with Gasteiger partial charge in [-0.1, -0.05) is 6.07 Å². The summed E-state index contributed by atoms with van der Waals surface area (Å²) in [6, 6.07) is 7.73. The van der Waals surface area contributed by atoms with Crippen LogP contribution in [0.15, 0.2) is 40.0 Å². The van der Waals surface area contributed by atoms with Gasteiger partial charge in [0.25, 0.3) is 11.5 Å². The molecule has 28 heavy (non-hydrogen) atoms. The number of ether oxygens (including phenoxy) is 1. The number of pyridine rings is 1. The van der Waals surface area contributed by atoms with E-state index in [0.717, 1.165) is 11.3 Å². The van der Waals surface area contributed by atoms with Crippen molar-refractivity contribution >= 4 is 15.9 Å². The fourth-order valence-corrected chi connectivity index (χ4v) is 4.56. The van der Waals surface area contributed by atoms with Crippen LogP contribution in [0.2, 0.25) is 0 Å². The zero-order valence-corrected chi connectivity index (χ0v) is 16.6. The molecule has 3 rings (SSSR count). The predicted octanol–water partition coefficient (Wildman–Crippen LogP) is 0.943. The Balaban J connectivity index is 1.77. The third-order valence-electron chi connectivity index (χ3n) is 4.62. The molecule has 1 aromatic carbocycles. The first-order valence-corrected chi connectivity index (χ1v) is 10.4. The van der Waals surface area contributed by atoms with Crippen molar-refractivity contribution in [3.63, 3.8) is 0 Å². The van der Waals surface area contributed by atoms with Gasteiger partial charge >= 0.3 is 0 Å². The summed E-state index contributed by atoms with van der Waals surface area (Å²) < 4.78 is 32.1. The summed E-state index contributed by atoms with van der Waals surface area (Å²) in [7, 11) is -3.69. The summed E-state index contributed by atoms with van der Waals surface area (Å²) in [4.78, 5) is 27.3. The predicted molar refractivity (Wildman–Crippen MR) is 104 cm³/mol. The van der Waals surface area contributed by atoms with E-state index in [1.807, 2.05) is 6.07 Å². The molecule has 0 atom stereocenters. The molecule has 1 amide bonds. The maximum Gasteiger partial charge on any atom is 0.253 e. The molecule has 2 aromatic rings. The van der Waals surface area contributed by atoms with E-state index in [1.54, 1.807) is 19.9 Å². The monoisotopic (exact) mass is 405 g/mol. The number of aryl methyl sites for hydroxylation is 2. The highest BCUT2D eigenvalue weighted by Gasteiger charge is 2.26. The topological polar surface area (TPSA) is 109 Å². The van der Waals surface area contributed by atoms with Gasteiger partial charge in [0, 0.05) is 36.5 Å². The van der Waals surface area contributed by atoms with Gasteiger partial charge in [-0.25, -0.2) is 8.42 Å². The first kappa shape index (κ1) is 20.2. The lowest BCUT2D eigenvalue weighted by molar-refractivity contribution is 0.0730. The van der Waals surface area contributed by atoms with Crippen LogP contribution in [-0.4, -0.2) is 49.9 Å². The van der Waals surface area contributed by atoms with Crippen LogP contribution >= 0.6 is 0 Å². The quantitative estimate of drug-likeness (QED) is 0.770. The van der Waals surface area contributed by atoms with Gasteiger partial charge in [0.15, 0.2) is 0 Å². The summed E-state index contributed by atoms with van der Waals surface area (Å²) >= 11 is 0. The number of carbonyl (C=O) groups excluding carboxylic acids is 1. The van der Waals surface area contributed by atoms with Crippen LogP contribution in [0, 0.1) is 13.8 Å². The number of aromatic nitrogens is 1. The van der Waals surface area contributed by atoms with Gasteiger partial charge in [-0.15, -0.1) is 0 Å². The minimum Gasteiger partial charge on any atom is -0.379 e. The SMILES string of the molecule is Cc1cc(C)c(CNC(=O)c2cccc(S(=O)(=O)N3CCOCC3)c2)c(=O)[nH]1. The summed E-state index contributed by atoms with van der Waals surface area (Å²) in [6.45, 7) is 4.92. The summed E-state index contributed by atoms with van der Waals surface area (Å²) in [5, 5.41) is 2.69. The second-order valence-electron chi connectivity index (χ2n) is 6.67. The van der Waals surface area contributed by atoms with E-state index in [9.17, 15) is 18.0 Å². The Morgan fingerprint density at radius 2 is 1.93 bits per heavy atom. The van der Waals surface area contributed by atoms with Crippen molar-refractivity contribution in [1.82, 2.24) is 14.6 Å². The molecule has 8 nitrogen and oxygen atoms in total. The Bertz CT molecular complexity index is 1040. The average Bonchev–Trinajstić information content (AvgIpc) is 2.67. The van der Waals surface area contributed by atoms with Crippen LogP contribution in [0.25, 0.3) is 0 Å². The van der Waals surface area contributed by atoms with E-state index in [1.165, 1.54) is 22.5 Å². The fraction of sp³-hybridized carbons (Fsp3) is 0.368. The van der Waals surface area contributed by atoms with Gasteiger partial charge < -0.3 is 15.0 Å². The maximum atomic E-state index is 12.8. The van der Waals surface area contributed by atoms with Gasteiger partial charge in [-0.05, 0) is 43.7 Å². The van der Waals surface area contributed by atoms with Gasteiger partial charge in [0.2, 0.25) is 10.0 Å². The second-order valence-corrected chi connectivity index (χ2v) is 8.61. The smallest absolute Gasteiger partial charge is 0.253 e. The molecule has 1 aliphatic heterocycles. The normalized spacial score (nSPS) is 15.4. The molecule has 0 aliphatic carbocycles. The summed E-state index contributed by atoms with van der Waals surface area (Å²) in [5.41, 5.74) is 1.97. The number of sulfonamides is 1. The number of nitrogens with zero attached hydrogens (tertiary/aromatic N) is 1. The lowest BCUT2D eigenvalue weighted by atomic mass is 10.1. The lowest BCUT2D eigenvalue weighted by Crippen LogP contribution is -2.40. The van der Waals surface area contributed by atoms with E-state index >= 15 is 0 Å². The van der Waals surface area contributed by atoms with Crippen molar-refractivity contribution in [1.29, 1.82) is 0 Å². The standard InChI is InChI=1S/C19H23N3O5S/c1-13-10-14(2)21-19(24)17(13)12-20-18(23)15-4-3-5-16(11-15)28(25,26)22-6-8-27-9-7-22/h3-5,10-11H,6-9,12H2,1-2H3,(H,20,23)(H,21,24). The Morgan fingerprint density at radius 1 is 1.21 bits per heavy atom. The third-order valence-corrected chi connectivity index (χ3v) is 6.52. The number of amides is 1. The van der Waals surface area contributed by atoms with Crippen LogP contribution in [0.4, 0.5) is 0 Å². The van der Waals surface area contributed by atoms with E-state index in [-0.39, 0.29) is 35.7 Å². The molecule has 150 valence electrons. The number of carbonyl (C=O) groups is 1. The van der Waals surface area contributed by atoms with Crippen LogP contribution in [0.5, 0.6) is 0 Å². The van der Waals surface area contributed by atoms with Crippen molar-refractivity contribution in [2.45, 2.75) is 25.3 Å². The molecular formula is C19H23N3O5S. The summed E-state index contributed by atoms with van der Waals surface area (Å²) in [5.74, 6) is -0.446. The number of H-pyrrole nitrogens is 1. The van der Waals surface area contributed by atoms with E-state index < -0.39 is 15.9 Å². The van der Waals surface area contributed by atoms with Crippen LogP contribution in [-0.2, 0) is 21.3 Å². The number of benzene rings is 1. The molecule has 0 bridgehead atoms. The number of hydrogen-bond donors (Lipinski definition) is 2.